The van der Waals surface area contributed by atoms with Crippen LogP contribution in [0.1, 0.15) is 52.0 Å². The summed E-state index contributed by atoms with van der Waals surface area (Å²) >= 11 is 0. The molecule has 0 N–H and O–H groups in total. The van der Waals surface area contributed by atoms with E-state index in [1.165, 1.54) is 6.07 Å². The number of aryl methyl sites for hydroxylation is 1. The SMILES string of the molecule is Cc1ccc(OC2C[C@H]3CC[C@@H](C2)N3C(=O)OC(C)(C)C)c(F)c1. The number of rotatable bonds is 2. The van der Waals surface area contributed by atoms with Gasteiger partial charge in [0.2, 0.25) is 0 Å². The van der Waals surface area contributed by atoms with E-state index in [1.54, 1.807) is 6.07 Å². The van der Waals surface area contributed by atoms with Crippen LogP contribution in [0.2, 0.25) is 0 Å². The van der Waals surface area contributed by atoms with E-state index in [1.807, 2.05) is 38.7 Å². The van der Waals surface area contributed by atoms with Crippen molar-refractivity contribution < 1.29 is 18.7 Å². The summed E-state index contributed by atoms with van der Waals surface area (Å²) in [6.45, 7) is 7.49. The molecule has 0 spiro atoms. The van der Waals surface area contributed by atoms with Crippen molar-refractivity contribution >= 4 is 6.09 Å². The second-order valence-corrected chi connectivity index (χ2v) is 7.92. The zero-order valence-electron chi connectivity index (χ0n) is 14.8. The molecule has 2 aliphatic rings. The van der Waals surface area contributed by atoms with Gasteiger partial charge in [-0.2, -0.15) is 0 Å². The van der Waals surface area contributed by atoms with E-state index in [4.69, 9.17) is 9.47 Å². The van der Waals surface area contributed by atoms with Crippen molar-refractivity contribution in [3.63, 3.8) is 0 Å². The molecule has 1 amide bonds. The fourth-order valence-corrected chi connectivity index (χ4v) is 3.72. The molecule has 2 fully saturated rings. The largest absolute Gasteiger partial charge is 0.487 e. The van der Waals surface area contributed by atoms with E-state index in [0.29, 0.717) is 5.75 Å². The second kappa shape index (κ2) is 6.26. The summed E-state index contributed by atoms with van der Waals surface area (Å²) < 4.78 is 25.4. The highest BCUT2D eigenvalue weighted by molar-refractivity contribution is 5.69. The van der Waals surface area contributed by atoms with Crippen LogP contribution in [0, 0.1) is 12.7 Å². The van der Waals surface area contributed by atoms with Crippen LogP contribution in [0.3, 0.4) is 0 Å². The minimum absolute atomic E-state index is 0.0570. The lowest BCUT2D eigenvalue weighted by molar-refractivity contribution is -0.00753. The van der Waals surface area contributed by atoms with Crippen molar-refractivity contribution in [1.82, 2.24) is 4.90 Å². The average molecular weight is 335 g/mol. The third-order valence-corrected chi connectivity index (χ3v) is 4.68. The molecule has 5 heteroatoms. The topological polar surface area (TPSA) is 38.8 Å². The Balaban J connectivity index is 1.66. The first-order valence-corrected chi connectivity index (χ1v) is 8.67. The number of hydrogen-bond donors (Lipinski definition) is 0. The van der Waals surface area contributed by atoms with E-state index in [9.17, 15) is 9.18 Å². The highest BCUT2D eigenvalue weighted by atomic mass is 19.1. The molecular formula is C19H26FNO3. The Kier molecular flexibility index (Phi) is 4.45. The summed E-state index contributed by atoms with van der Waals surface area (Å²) in [5, 5.41) is 0. The van der Waals surface area contributed by atoms with Crippen LogP contribution in [0.5, 0.6) is 5.75 Å². The number of hydrogen-bond acceptors (Lipinski definition) is 3. The van der Waals surface area contributed by atoms with Crippen LogP contribution in [0.4, 0.5) is 9.18 Å². The lowest BCUT2D eigenvalue weighted by atomic mass is 10.00. The molecule has 2 saturated heterocycles. The van der Waals surface area contributed by atoms with Gasteiger partial charge in [-0.15, -0.1) is 0 Å². The lowest BCUT2D eigenvalue weighted by Crippen LogP contribution is -2.50. The third kappa shape index (κ3) is 3.65. The van der Waals surface area contributed by atoms with Crippen LogP contribution in [-0.2, 0) is 4.74 Å². The molecular weight excluding hydrogens is 309 g/mol. The summed E-state index contributed by atoms with van der Waals surface area (Å²) in [4.78, 5) is 14.3. The summed E-state index contributed by atoms with van der Waals surface area (Å²) in [6, 6.07) is 5.27. The number of benzene rings is 1. The van der Waals surface area contributed by atoms with E-state index in [-0.39, 0.29) is 30.1 Å². The zero-order chi connectivity index (χ0) is 17.5. The first-order valence-electron chi connectivity index (χ1n) is 8.67. The molecule has 0 aromatic heterocycles. The van der Waals surface area contributed by atoms with Crippen molar-refractivity contribution in [2.24, 2.45) is 0 Å². The number of fused-ring (bicyclic) bond motifs is 2. The molecule has 132 valence electrons. The van der Waals surface area contributed by atoms with Crippen molar-refractivity contribution in [1.29, 1.82) is 0 Å². The standard InChI is InChI=1S/C19H26FNO3/c1-12-5-8-17(16(20)9-12)23-15-10-13-6-7-14(11-15)21(13)18(22)24-19(2,3)4/h5,8-9,13-15H,6-7,10-11H2,1-4H3/t13-,14+,15?. The summed E-state index contributed by atoms with van der Waals surface area (Å²) in [7, 11) is 0. The van der Waals surface area contributed by atoms with Crippen LogP contribution in [0.15, 0.2) is 18.2 Å². The van der Waals surface area contributed by atoms with Gasteiger partial charge in [0.05, 0.1) is 0 Å². The molecule has 3 atom stereocenters. The van der Waals surface area contributed by atoms with E-state index in [0.717, 1.165) is 31.2 Å². The molecule has 1 unspecified atom stereocenters. The average Bonchev–Trinajstić information content (AvgIpc) is 2.72. The molecule has 1 aromatic rings. The Morgan fingerprint density at radius 2 is 1.83 bits per heavy atom. The number of carbonyl (C=O) groups excluding carboxylic acids is 1. The van der Waals surface area contributed by atoms with Gasteiger partial charge >= 0.3 is 6.09 Å². The second-order valence-electron chi connectivity index (χ2n) is 7.92. The van der Waals surface area contributed by atoms with Gasteiger partial charge < -0.3 is 14.4 Å². The number of ether oxygens (including phenoxy) is 2. The minimum Gasteiger partial charge on any atom is -0.487 e. The van der Waals surface area contributed by atoms with Gasteiger partial charge in [0, 0.05) is 24.9 Å². The quantitative estimate of drug-likeness (QED) is 0.802. The Bertz CT molecular complexity index is 612. The summed E-state index contributed by atoms with van der Waals surface area (Å²) in [5.41, 5.74) is 0.384. The number of nitrogens with zero attached hydrogens (tertiary/aromatic N) is 1. The molecule has 0 saturated carbocycles. The van der Waals surface area contributed by atoms with Crippen molar-refractivity contribution in [2.75, 3.05) is 0 Å². The molecule has 24 heavy (non-hydrogen) atoms. The first kappa shape index (κ1) is 17.1. The fourth-order valence-electron chi connectivity index (χ4n) is 3.72. The molecule has 4 nitrogen and oxygen atoms in total. The van der Waals surface area contributed by atoms with Crippen LogP contribution < -0.4 is 4.74 Å². The maximum Gasteiger partial charge on any atom is 0.410 e. The van der Waals surface area contributed by atoms with Crippen LogP contribution in [0.25, 0.3) is 0 Å². The Hall–Kier alpha value is -1.78. The summed E-state index contributed by atoms with van der Waals surface area (Å²) in [6.07, 6.45) is 3.07. The molecule has 2 heterocycles. The third-order valence-electron chi connectivity index (χ3n) is 4.68. The molecule has 2 bridgehead atoms. The molecule has 3 rings (SSSR count). The fraction of sp³-hybridized carbons (Fsp3) is 0.632. The Labute approximate surface area is 142 Å². The zero-order valence-corrected chi connectivity index (χ0v) is 14.8. The van der Waals surface area contributed by atoms with E-state index in [2.05, 4.69) is 0 Å². The Morgan fingerprint density at radius 1 is 1.21 bits per heavy atom. The molecule has 2 aliphatic heterocycles. The predicted molar refractivity (Wildman–Crippen MR) is 89.7 cm³/mol. The van der Waals surface area contributed by atoms with Gasteiger partial charge in [-0.1, -0.05) is 6.07 Å². The van der Waals surface area contributed by atoms with E-state index < -0.39 is 5.60 Å². The van der Waals surface area contributed by atoms with Crippen molar-refractivity contribution in [3.05, 3.63) is 29.6 Å². The lowest BCUT2D eigenvalue weighted by Gasteiger charge is -2.39. The van der Waals surface area contributed by atoms with Crippen molar-refractivity contribution in [3.8, 4) is 5.75 Å². The monoisotopic (exact) mass is 335 g/mol. The molecule has 0 radical (unpaired) electrons. The van der Waals surface area contributed by atoms with Gasteiger partial charge in [-0.05, 0) is 58.2 Å². The highest BCUT2D eigenvalue weighted by Crippen LogP contribution is 2.38. The summed E-state index contributed by atoms with van der Waals surface area (Å²) in [5.74, 6) is -0.0207. The molecule has 0 aliphatic carbocycles. The maximum atomic E-state index is 14.0. The van der Waals surface area contributed by atoms with Gasteiger partial charge in [0.15, 0.2) is 11.6 Å². The van der Waals surface area contributed by atoms with Crippen LogP contribution in [-0.4, -0.2) is 34.8 Å². The van der Waals surface area contributed by atoms with Gasteiger partial charge in [-0.25, -0.2) is 9.18 Å². The number of piperidine rings is 1. The normalized spacial score (nSPS) is 26.4. The highest BCUT2D eigenvalue weighted by Gasteiger charge is 2.45. The first-order chi connectivity index (χ1) is 11.2. The van der Waals surface area contributed by atoms with Crippen molar-refractivity contribution in [2.45, 2.75) is 77.2 Å². The van der Waals surface area contributed by atoms with Gasteiger partial charge in [0.25, 0.3) is 0 Å². The Morgan fingerprint density at radius 3 is 2.38 bits per heavy atom. The minimum atomic E-state index is -0.491. The number of halogens is 1. The maximum absolute atomic E-state index is 14.0. The van der Waals surface area contributed by atoms with Crippen LogP contribution >= 0.6 is 0 Å². The smallest absolute Gasteiger partial charge is 0.410 e. The van der Waals surface area contributed by atoms with Gasteiger partial charge in [-0.3, -0.25) is 0 Å². The molecule has 1 aromatic carbocycles. The van der Waals surface area contributed by atoms with Gasteiger partial charge in [0.1, 0.15) is 11.7 Å². The van der Waals surface area contributed by atoms with E-state index >= 15 is 0 Å². The number of carbonyl (C=O) groups is 1. The predicted octanol–water partition coefficient (Wildman–Crippen LogP) is 4.44. The number of amides is 1.